The summed E-state index contributed by atoms with van der Waals surface area (Å²) >= 11 is 6.36. The Hall–Kier alpha value is -4.34. The Bertz CT molecular complexity index is 1720. The molecule has 0 aromatic heterocycles. The minimum absolute atomic E-state index is 0.000694. The molecule has 46 heavy (non-hydrogen) atoms. The monoisotopic (exact) mass is 659 g/mol. The number of sulfonamides is 1. The summed E-state index contributed by atoms with van der Waals surface area (Å²) in [6, 6.07) is 30.5. The van der Waals surface area contributed by atoms with Crippen LogP contribution < -0.4 is 14.4 Å². The molecule has 0 bridgehead atoms. The number of hydrogen-bond acceptors (Lipinski definition) is 5. The quantitative estimate of drug-likeness (QED) is 0.183. The van der Waals surface area contributed by atoms with Crippen molar-refractivity contribution in [2.24, 2.45) is 0 Å². The molecule has 0 aliphatic heterocycles. The summed E-state index contributed by atoms with van der Waals surface area (Å²) in [5.41, 5.74) is 1.80. The average Bonchev–Trinajstić information content (AvgIpc) is 3.59. The standard InChI is InChI=1S/C36H38ClN3O5S/c1-45-34-22-21-29(37)24-32(34)40(46(43,44)31-19-9-4-10-20-31)26-35(41)39(25-28-15-7-3-8-16-28)33(23-27-13-5-2-6-14-27)36(42)38-30-17-11-12-18-30/h2-10,13-16,19-22,24,30,33H,11-12,17-18,23,25-26H2,1H3,(H,38,42)/t33-/m0/s1. The fraction of sp³-hybridized carbons (Fsp3) is 0.278. The summed E-state index contributed by atoms with van der Waals surface area (Å²) in [7, 11) is -2.86. The molecule has 0 heterocycles. The fourth-order valence-electron chi connectivity index (χ4n) is 5.79. The highest BCUT2D eigenvalue weighted by Gasteiger charge is 2.36. The van der Waals surface area contributed by atoms with Crippen molar-refractivity contribution in [3.63, 3.8) is 0 Å². The Morgan fingerprint density at radius 3 is 2.07 bits per heavy atom. The Kier molecular flexibility index (Phi) is 11.0. The zero-order chi connectivity index (χ0) is 32.5. The van der Waals surface area contributed by atoms with Crippen LogP contribution >= 0.6 is 11.6 Å². The fourth-order valence-corrected chi connectivity index (χ4v) is 7.40. The Morgan fingerprint density at radius 1 is 0.870 bits per heavy atom. The van der Waals surface area contributed by atoms with Gasteiger partial charge in [-0.05, 0) is 54.3 Å². The van der Waals surface area contributed by atoms with E-state index in [4.69, 9.17) is 16.3 Å². The van der Waals surface area contributed by atoms with Crippen molar-refractivity contribution in [3.8, 4) is 5.75 Å². The average molecular weight is 660 g/mol. The van der Waals surface area contributed by atoms with E-state index in [0.717, 1.165) is 41.1 Å². The normalized spacial score (nSPS) is 14.0. The van der Waals surface area contributed by atoms with E-state index in [-0.39, 0.29) is 46.3 Å². The molecule has 8 nitrogen and oxygen atoms in total. The number of amides is 2. The van der Waals surface area contributed by atoms with E-state index in [0.29, 0.717) is 0 Å². The van der Waals surface area contributed by atoms with Gasteiger partial charge < -0.3 is 15.0 Å². The van der Waals surface area contributed by atoms with Gasteiger partial charge in [-0.2, -0.15) is 0 Å². The minimum Gasteiger partial charge on any atom is -0.495 e. The van der Waals surface area contributed by atoms with Gasteiger partial charge in [-0.3, -0.25) is 13.9 Å². The summed E-state index contributed by atoms with van der Waals surface area (Å²) < 4.78 is 35.0. The minimum atomic E-state index is -4.28. The van der Waals surface area contributed by atoms with Crippen LogP contribution in [0.15, 0.2) is 114 Å². The molecule has 4 aromatic rings. The summed E-state index contributed by atoms with van der Waals surface area (Å²) in [4.78, 5) is 30.2. The predicted octanol–water partition coefficient (Wildman–Crippen LogP) is 6.24. The summed E-state index contributed by atoms with van der Waals surface area (Å²) in [6.07, 6.45) is 4.09. The van der Waals surface area contributed by atoms with Gasteiger partial charge in [0.05, 0.1) is 17.7 Å². The van der Waals surface area contributed by atoms with Crippen LogP contribution in [0.5, 0.6) is 5.75 Å². The third kappa shape index (κ3) is 8.08. The number of methoxy groups -OCH3 is 1. The number of rotatable bonds is 13. The van der Waals surface area contributed by atoms with Crippen molar-refractivity contribution >= 4 is 39.1 Å². The second kappa shape index (κ2) is 15.3. The lowest BCUT2D eigenvalue weighted by molar-refractivity contribution is -0.140. The highest BCUT2D eigenvalue weighted by atomic mass is 35.5. The number of benzene rings is 4. The zero-order valence-electron chi connectivity index (χ0n) is 25.7. The number of halogens is 1. The Balaban J connectivity index is 1.59. The van der Waals surface area contributed by atoms with Gasteiger partial charge in [-0.1, -0.05) is 103 Å². The molecule has 1 aliphatic rings. The van der Waals surface area contributed by atoms with Crippen LogP contribution in [0, 0.1) is 0 Å². The first kappa shape index (κ1) is 33.0. The largest absolute Gasteiger partial charge is 0.495 e. The molecule has 4 aromatic carbocycles. The molecule has 0 unspecified atom stereocenters. The number of carbonyl (C=O) groups is 2. The molecular formula is C36H38ClN3O5S. The third-order valence-corrected chi connectivity index (χ3v) is 10.2. The molecule has 0 saturated heterocycles. The van der Waals surface area contributed by atoms with Crippen molar-refractivity contribution in [3.05, 3.63) is 125 Å². The molecule has 1 atom stereocenters. The summed E-state index contributed by atoms with van der Waals surface area (Å²) in [5.74, 6) is -0.586. The van der Waals surface area contributed by atoms with Gasteiger partial charge in [0, 0.05) is 24.0 Å². The van der Waals surface area contributed by atoms with Crippen LogP contribution in [0.1, 0.15) is 36.8 Å². The van der Waals surface area contributed by atoms with Crippen LogP contribution in [-0.2, 0) is 32.6 Å². The number of nitrogens with one attached hydrogen (secondary N) is 1. The maximum Gasteiger partial charge on any atom is 0.264 e. The molecule has 240 valence electrons. The first-order valence-electron chi connectivity index (χ1n) is 15.4. The van der Waals surface area contributed by atoms with Gasteiger partial charge in [-0.15, -0.1) is 0 Å². The zero-order valence-corrected chi connectivity index (χ0v) is 27.3. The number of hydrogen-bond donors (Lipinski definition) is 1. The van der Waals surface area contributed by atoms with Gasteiger partial charge in [0.1, 0.15) is 18.3 Å². The Labute approximate surface area is 276 Å². The topological polar surface area (TPSA) is 96.0 Å². The molecule has 1 N–H and O–H groups in total. The first-order chi connectivity index (χ1) is 22.3. The molecule has 1 saturated carbocycles. The van der Waals surface area contributed by atoms with Crippen LogP contribution in [0.2, 0.25) is 5.02 Å². The molecule has 1 fully saturated rings. The lowest BCUT2D eigenvalue weighted by Crippen LogP contribution is -2.54. The SMILES string of the molecule is COc1ccc(Cl)cc1N(CC(=O)N(Cc1ccccc1)[C@@H](Cc1ccccc1)C(=O)NC1CCCC1)S(=O)(=O)c1ccccc1. The Morgan fingerprint density at radius 2 is 1.46 bits per heavy atom. The van der Waals surface area contributed by atoms with Gasteiger partial charge >= 0.3 is 0 Å². The lowest BCUT2D eigenvalue weighted by atomic mass is 10.0. The van der Waals surface area contributed by atoms with Crippen molar-refractivity contribution in [2.75, 3.05) is 18.0 Å². The number of nitrogens with zero attached hydrogens (tertiary/aromatic N) is 2. The van der Waals surface area contributed by atoms with Gasteiger partial charge in [0.25, 0.3) is 10.0 Å². The second-order valence-corrected chi connectivity index (χ2v) is 13.6. The highest BCUT2D eigenvalue weighted by molar-refractivity contribution is 7.92. The summed E-state index contributed by atoms with van der Waals surface area (Å²) in [6.45, 7) is -0.496. The van der Waals surface area contributed by atoms with Gasteiger partial charge in [-0.25, -0.2) is 8.42 Å². The number of carbonyl (C=O) groups excluding carboxylic acids is 2. The highest BCUT2D eigenvalue weighted by Crippen LogP contribution is 2.35. The van der Waals surface area contributed by atoms with Crippen molar-refractivity contribution < 1.29 is 22.7 Å². The second-order valence-electron chi connectivity index (χ2n) is 11.3. The van der Waals surface area contributed by atoms with E-state index in [2.05, 4.69) is 5.32 Å². The maximum atomic E-state index is 14.6. The first-order valence-corrected chi connectivity index (χ1v) is 17.2. The van der Waals surface area contributed by atoms with E-state index in [1.807, 2.05) is 60.7 Å². The smallest absolute Gasteiger partial charge is 0.264 e. The molecule has 0 spiro atoms. The van der Waals surface area contributed by atoms with Crippen LogP contribution in [-0.4, -0.2) is 50.9 Å². The van der Waals surface area contributed by atoms with Crippen molar-refractivity contribution in [1.82, 2.24) is 10.2 Å². The van der Waals surface area contributed by atoms with E-state index in [1.165, 1.54) is 30.2 Å². The molecule has 1 aliphatic carbocycles. The van der Waals surface area contributed by atoms with Crippen molar-refractivity contribution in [1.29, 1.82) is 0 Å². The van der Waals surface area contributed by atoms with E-state index < -0.39 is 28.5 Å². The van der Waals surface area contributed by atoms with Crippen molar-refractivity contribution in [2.45, 2.75) is 55.6 Å². The summed E-state index contributed by atoms with van der Waals surface area (Å²) in [5, 5.41) is 3.46. The van der Waals surface area contributed by atoms with E-state index >= 15 is 0 Å². The molecule has 2 amide bonds. The maximum absolute atomic E-state index is 14.6. The molecular weight excluding hydrogens is 622 g/mol. The van der Waals surface area contributed by atoms with Gasteiger partial charge in [0.2, 0.25) is 11.8 Å². The lowest BCUT2D eigenvalue weighted by Gasteiger charge is -2.34. The number of ether oxygens (including phenoxy) is 1. The number of anilines is 1. The molecule has 0 radical (unpaired) electrons. The van der Waals surface area contributed by atoms with Crippen LogP contribution in [0.3, 0.4) is 0 Å². The molecule has 5 rings (SSSR count). The third-order valence-electron chi connectivity index (χ3n) is 8.19. The predicted molar refractivity (Wildman–Crippen MR) is 180 cm³/mol. The van der Waals surface area contributed by atoms with Crippen LogP contribution in [0.4, 0.5) is 5.69 Å². The van der Waals surface area contributed by atoms with E-state index in [1.54, 1.807) is 30.3 Å². The van der Waals surface area contributed by atoms with Crippen LogP contribution in [0.25, 0.3) is 0 Å². The molecule has 10 heteroatoms. The van der Waals surface area contributed by atoms with E-state index in [9.17, 15) is 18.0 Å². The van der Waals surface area contributed by atoms with Gasteiger partial charge in [0.15, 0.2) is 0 Å².